The Morgan fingerprint density at radius 3 is 2.33 bits per heavy atom. The molecule has 0 heterocycles. The van der Waals surface area contributed by atoms with Crippen molar-refractivity contribution in [2.45, 2.75) is 29.3 Å². The van der Waals surface area contributed by atoms with E-state index in [0.717, 1.165) is 16.3 Å². The van der Waals surface area contributed by atoms with Gasteiger partial charge in [-0.25, -0.2) is 0 Å². The summed E-state index contributed by atoms with van der Waals surface area (Å²) in [6, 6.07) is 0. The van der Waals surface area contributed by atoms with Crippen molar-refractivity contribution in [1.29, 1.82) is 0 Å². The van der Waals surface area contributed by atoms with Gasteiger partial charge in [0.1, 0.15) is 0 Å². The van der Waals surface area contributed by atoms with E-state index >= 15 is 0 Å². The summed E-state index contributed by atoms with van der Waals surface area (Å²) in [5, 5.41) is 9.38. The van der Waals surface area contributed by atoms with Crippen molar-refractivity contribution in [3.63, 3.8) is 0 Å². The largest absolute Gasteiger partial charge is 0.393 e. The van der Waals surface area contributed by atoms with E-state index in [0.29, 0.717) is 5.92 Å². The van der Waals surface area contributed by atoms with E-state index in [-0.39, 0.29) is 6.10 Å². The molecule has 0 amide bonds. The van der Waals surface area contributed by atoms with Crippen LogP contribution in [0.15, 0.2) is 0 Å². The highest BCUT2D eigenvalue weighted by Crippen LogP contribution is 2.48. The number of aliphatic hydroxyl groups is 1. The van der Waals surface area contributed by atoms with Crippen molar-refractivity contribution in [3.05, 3.63) is 0 Å². The summed E-state index contributed by atoms with van der Waals surface area (Å²) < 4.78 is 0.789. The van der Waals surface area contributed by atoms with E-state index in [1.807, 2.05) is 0 Å². The summed E-state index contributed by atoms with van der Waals surface area (Å²) in [5.41, 5.74) is 0. The number of hydrogen-bond acceptors (Lipinski definition) is 1. The molecule has 4 atom stereocenters. The average molecular weight is 238 g/mol. The van der Waals surface area contributed by atoms with Crippen LogP contribution in [0.2, 0.25) is 0 Å². The molecular formula is C7H11IO. The zero-order chi connectivity index (χ0) is 6.43. The van der Waals surface area contributed by atoms with Crippen LogP contribution >= 0.6 is 22.6 Å². The minimum absolute atomic E-state index is 0.0469. The Bertz CT molecular complexity index is 126. The van der Waals surface area contributed by atoms with Gasteiger partial charge < -0.3 is 5.11 Å². The highest BCUT2D eigenvalue weighted by atomic mass is 127. The number of fused-ring (bicyclic) bond motifs is 2. The van der Waals surface area contributed by atoms with Crippen molar-refractivity contribution in [1.82, 2.24) is 0 Å². The van der Waals surface area contributed by atoms with Crippen LogP contribution in [0.25, 0.3) is 0 Å². The third kappa shape index (κ3) is 0.827. The molecule has 0 spiro atoms. The van der Waals surface area contributed by atoms with Gasteiger partial charge in [-0.15, -0.1) is 0 Å². The maximum Gasteiger partial charge on any atom is 0.0581 e. The van der Waals surface area contributed by atoms with Crippen LogP contribution in [-0.2, 0) is 0 Å². The van der Waals surface area contributed by atoms with Gasteiger partial charge >= 0.3 is 0 Å². The summed E-state index contributed by atoms with van der Waals surface area (Å²) in [4.78, 5) is 0. The fraction of sp³-hybridized carbons (Fsp3) is 1.00. The molecule has 2 saturated carbocycles. The minimum Gasteiger partial charge on any atom is -0.393 e. The molecular weight excluding hydrogens is 227 g/mol. The number of alkyl halides is 1. The smallest absolute Gasteiger partial charge is 0.0581 e. The lowest BCUT2D eigenvalue weighted by Crippen LogP contribution is -2.16. The van der Waals surface area contributed by atoms with Gasteiger partial charge in [0.05, 0.1) is 6.10 Å². The second-order valence-electron chi connectivity index (χ2n) is 3.25. The Hall–Kier alpha value is 0.690. The van der Waals surface area contributed by atoms with Crippen LogP contribution in [-0.4, -0.2) is 15.1 Å². The third-order valence-corrected chi connectivity index (χ3v) is 4.71. The Balaban J connectivity index is 2.16. The molecule has 52 valence electrons. The monoisotopic (exact) mass is 238 g/mol. The van der Waals surface area contributed by atoms with E-state index in [9.17, 15) is 5.11 Å². The molecule has 2 bridgehead atoms. The number of halogens is 1. The number of hydrogen-bond donors (Lipinski definition) is 1. The molecule has 2 aliphatic rings. The van der Waals surface area contributed by atoms with E-state index in [2.05, 4.69) is 22.6 Å². The van der Waals surface area contributed by atoms with Crippen molar-refractivity contribution in [3.8, 4) is 0 Å². The lowest BCUT2D eigenvalue weighted by Gasteiger charge is -2.14. The average Bonchev–Trinajstić information content (AvgIpc) is 2.25. The molecule has 1 nitrogen and oxygen atoms in total. The van der Waals surface area contributed by atoms with Gasteiger partial charge in [0, 0.05) is 3.92 Å². The molecule has 0 aromatic carbocycles. The first-order chi connectivity index (χ1) is 4.29. The van der Waals surface area contributed by atoms with Crippen molar-refractivity contribution >= 4 is 22.6 Å². The lowest BCUT2D eigenvalue weighted by atomic mass is 9.98. The topological polar surface area (TPSA) is 20.2 Å². The van der Waals surface area contributed by atoms with E-state index in [1.54, 1.807) is 0 Å². The standard InChI is InChI=1S/C7H11IO/c8-7-4-1-2-5(7)6(9)3-4/h4-7,9H,1-3H2/t4-,5+,6-,7?/m0/s1. The second-order valence-corrected chi connectivity index (χ2v) is 4.69. The van der Waals surface area contributed by atoms with Gasteiger partial charge in [-0.05, 0) is 31.1 Å². The molecule has 1 N–H and O–H groups in total. The molecule has 2 heteroatoms. The number of rotatable bonds is 0. The molecule has 2 fully saturated rings. The first kappa shape index (κ1) is 6.40. The minimum atomic E-state index is 0.0469. The van der Waals surface area contributed by atoms with E-state index < -0.39 is 0 Å². The second kappa shape index (κ2) is 2.09. The quantitative estimate of drug-likeness (QED) is 0.501. The van der Waals surface area contributed by atoms with Crippen LogP contribution < -0.4 is 0 Å². The Morgan fingerprint density at radius 2 is 2.11 bits per heavy atom. The molecule has 0 saturated heterocycles. The maximum atomic E-state index is 9.38. The van der Waals surface area contributed by atoms with Crippen LogP contribution in [0.1, 0.15) is 19.3 Å². The predicted octanol–water partition coefficient (Wildman–Crippen LogP) is 1.58. The van der Waals surface area contributed by atoms with Crippen LogP contribution in [0, 0.1) is 11.8 Å². The zero-order valence-corrected chi connectivity index (χ0v) is 7.41. The fourth-order valence-electron chi connectivity index (χ4n) is 2.21. The maximum absolute atomic E-state index is 9.38. The van der Waals surface area contributed by atoms with E-state index in [1.165, 1.54) is 12.8 Å². The summed E-state index contributed by atoms with van der Waals surface area (Å²) >= 11 is 2.50. The first-order valence-electron chi connectivity index (χ1n) is 3.61. The summed E-state index contributed by atoms with van der Waals surface area (Å²) in [6.45, 7) is 0. The van der Waals surface area contributed by atoms with Gasteiger partial charge in [-0.3, -0.25) is 0 Å². The van der Waals surface area contributed by atoms with Crippen molar-refractivity contribution < 1.29 is 5.11 Å². The SMILES string of the molecule is O[C@H]1C[C@@H]2CC[C@H]1C2I. The Morgan fingerprint density at radius 1 is 1.33 bits per heavy atom. The molecule has 0 aromatic rings. The molecule has 0 radical (unpaired) electrons. The molecule has 0 aromatic heterocycles. The fourth-order valence-corrected chi connectivity index (χ4v) is 3.70. The zero-order valence-electron chi connectivity index (χ0n) is 5.26. The van der Waals surface area contributed by atoms with Crippen molar-refractivity contribution in [2.75, 3.05) is 0 Å². The summed E-state index contributed by atoms with van der Waals surface area (Å²) in [7, 11) is 0. The van der Waals surface area contributed by atoms with Gasteiger partial charge in [0.25, 0.3) is 0 Å². The van der Waals surface area contributed by atoms with Gasteiger partial charge in [-0.2, -0.15) is 0 Å². The van der Waals surface area contributed by atoms with Gasteiger partial charge in [0.2, 0.25) is 0 Å². The highest BCUT2D eigenvalue weighted by molar-refractivity contribution is 14.1. The Kier molecular flexibility index (Phi) is 1.49. The number of aliphatic hydroxyl groups excluding tert-OH is 1. The molecule has 9 heavy (non-hydrogen) atoms. The molecule has 1 unspecified atom stereocenters. The molecule has 2 aliphatic carbocycles. The Labute approximate surface area is 69.0 Å². The van der Waals surface area contributed by atoms with Crippen LogP contribution in [0.5, 0.6) is 0 Å². The van der Waals surface area contributed by atoms with Crippen LogP contribution in [0.3, 0.4) is 0 Å². The third-order valence-electron chi connectivity index (χ3n) is 2.77. The molecule has 0 aliphatic heterocycles. The van der Waals surface area contributed by atoms with Crippen LogP contribution in [0.4, 0.5) is 0 Å². The molecule has 2 rings (SSSR count). The van der Waals surface area contributed by atoms with E-state index in [4.69, 9.17) is 0 Å². The highest BCUT2D eigenvalue weighted by Gasteiger charge is 2.45. The normalized spacial score (nSPS) is 56.7. The van der Waals surface area contributed by atoms with Gasteiger partial charge in [0.15, 0.2) is 0 Å². The first-order valence-corrected chi connectivity index (χ1v) is 4.86. The predicted molar refractivity (Wildman–Crippen MR) is 44.6 cm³/mol. The lowest BCUT2D eigenvalue weighted by molar-refractivity contribution is 0.114. The van der Waals surface area contributed by atoms with Crippen molar-refractivity contribution in [2.24, 2.45) is 11.8 Å². The summed E-state index contributed by atoms with van der Waals surface area (Å²) in [6.07, 6.45) is 3.78. The summed E-state index contributed by atoms with van der Waals surface area (Å²) in [5.74, 6) is 1.50. The van der Waals surface area contributed by atoms with Gasteiger partial charge in [-0.1, -0.05) is 22.6 Å².